The van der Waals surface area contributed by atoms with Crippen LogP contribution < -0.4 is 9.47 Å². The molecule has 5 heteroatoms. The molecule has 0 spiro atoms. The van der Waals surface area contributed by atoms with E-state index in [0.29, 0.717) is 11.3 Å². The number of ether oxygens (including phenoxy) is 2. The first-order chi connectivity index (χ1) is 13.6. The van der Waals surface area contributed by atoms with Gasteiger partial charge in [-0.25, -0.2) is 4.39 Å². The normalized spacial score (nSPS) is 10.8. The first-order valence-corrected chi connectivity index (χ1v) is 8.62. The summed E-state index contributed by atoms with van der Waals surface area (Å²) in [6, 6.07) is 17.6. The monoisotopic (exact) mass is 378 g/mol. The molecule has 0 aromatic heterocycles. The Morgan fingerprint density at radius 3 is 2.50 bits per heavy atom. The van der Waals surface area contributed by atoms with E-state index in [-0.39, 0.29) is 23.9 Å². The number of rotatable bonds is 7. The Morgan fingerprint density at radius 2 is 1.79 bits per heavy atom. The molecule has 3 aromatic carbocycles. The van der Waals surface area contributed by atoms with Crippen molar-refractivity contribution < 1.29 is 23.8 Å². The first kappa shape index (κ1) is 19.2. The van der Waals surface area contributed by atoms with Crippen LogP contribution in [-0.4, -0.2) is 18.0 Å². The molecular weight excluding hydrogens is 359 g/mol. The van der Waals surface area contributed by atoms with Crippen LogP contribution in [-0.2, 0) is 6.61 Å². The molecule has 4 nitrogen and oxygen atoms in total. The molecule has 3 rings (SSSR count). The molecule has 142 valence electrons. The molecule has 0 amide bonds. The van der Waals surface area contributed by atoms with Crippen LogP contribution >= 0.6 is 0 Å². The second-order valence-corrected chi connectivity index (χ2v) is 6.03. The van der Waals surface area contributed by atoms with Crippen LogP contribution in [0.15, 0.2) is 72.8 Å². The van der Waals surface area contributed by atoms with Gasteiger partial charge in [-0.1, -0.05) is 24.3 Å². The minimum atomic E-state index is -0.433. The largest absolute Gasteiger partial charge is 0.508 e. The van der Waals surface area contributed by atoms with Gasteiger partial charge in [0.05, 0.1) is 7.11 Å². The van der Waals surface area contributed by atoms with E-state index >= 15 is 0 Å². The van der Waals surface area contributed by atoms with Crippen molar-refractivity contribution in [1.29, 1.82) is 0 Å². The lowest BCUT2D eigenvalue weighted by Gasteiger charge is -2.11. The fourth-order valence-electron chi connectivity index (χ4n) is 2.63. The van der Waals surface area contributed by atoms with Gasteiger partial charge in [0.1, 0.15) is 18.1 Å². The van der Waals surface area contributed by atoms with E-state index in [4.69, 9.17) is 9.47 Å². The molecular formula is C23H19FO4. The fourth-order valence-corrected chi connectivity index (χ4v) is 2.63. The molecule has 0 saturated carbocycles. The Labute approximate surface area is 162 Å². The molecule has 0 bridgehead atoms. The van der Waals surface area contributed by atoms with Crippen LogP contribution in [0.2, 0.25) is 0 Å². The Kier molecular flexibility index (Phi) is 6.07. The van der Waals surface area contributed by atoms with Gasteiger partial charge in [0.15, 0.2) is 17.3 Å². The molecule has 0 aliphatic heterocycles. The molecule has 0 saturated heterocycles. The molecule has 0 aliphatic carbocycles. The Bertz CT molecular complexity index is 994. The van der Waals surface area contributed by atoms with Crippen LogP contribution in [0.1, 0.15) is 21.5 Å². The van der Waals surface area contributed by atoms with Gasteiger partial charge < -0.3 is 14.6 Å². The minimum absolute atomic E-state index is 0.107. The zero-order chi connectivity index (χ0) is 19.9. The Hall–Kier alpha value is -3.60. The van der Waals surface area contributed by atoms with Crippen LogP contribution in [0.25, 0.3) is 6.08 Å². The van der Waals surface area contributed by atoms with Crippen molar-refractivity contribution in [1.82, 2.24) is 0 Å². The lowest BCUT2D eigenvalue weighted by Crippen LogP contribution is -2.00. The number of aromatic hydroxyl groups is 1. The van der Waals surface area contributed by atoms with Gasteiger partial charge >= 0.3 is 0 Å². The molecule has 1 N–H and O–H groups in total. The van der Waals surface area contributed by atoms with Gasteiger partial charge in [-0.05, 0) is 60.2 Å². The third-order valence-electron chi connectivity index (χ3n) is 4.10. The number of para-hydroxylation sites is 1. The van der Waals surface area contributed by atoms with Gasteiger partial charge in [-0.2, -0.15) is 0 Å². The third kappa shape index (κ3) is 4.76. The van der Waals surface area contributed by atoms with E-state index < -0.39 is 5.82 Å². The van der Waals surface area contributed by atoms with Crippen molar-refractivity contribution in [3.05, 3.63) is 95.3 Å². The van der Waals surface area contributed by atoms with Gasteiger partial charge in [-0.3, -0.25) is 4.79 Å². The molecule has 0 radical (unpaired) electrons. The maximum atomic E-state index is 13.7. The number of carbonyl (C=O) groups is 1. The van der Waals surface area contributed by atoms with Gasteiger partial charge in [0.2, 0.25) is 0 Å². The highest BCUT2D eigenvalue weighted by molar-refractivity contribution is 6.06. The van der Waals surface area contributed by atoms with Crippen molar-refractivity contribution in [3.63, 3.8) is 0 Å². The molecule has 0 aliphatic rings. The average Bonchev–Trinajstić information content (AvgIpc) is 2.72. The second kappa shape index (κ2) is 8.86. The number of hydrogen-bond donors (Lipinski definition) is 1. The van der Waals surface area contributed by atoms with Gasteiger partial charge in [0.25, 0.3) is 0 Å². The van der Waals surface area contributed by atoms with Crippen molar-refractivity contribution in [2.75, 3.05) is 7.11 Å². The van der Waals surface area contributed by atoms with Crippen molar-refractivity contribution in [2.24, 2.45) is 0 Å². The minimum Gasteiger partial charge on any atom is -0.508 e. The molecule has 28 heavy (non-hydrogen) atoms. The van der Waals surface area contributed by atoms with E-state index in [1.807, 2.05) is 12.1 Å². The number of methoxy groups -OCH3 is 1. The highest BCUT2D eigenvalue weighted by Gasteiger charge is 2.08. The summed E-state index contributed by atoms with van der Waals surface area (Å²) in [5.41, 5.74) is 1.98. The van der Waals surface area contributed by atoms with Crippen LogP contribution in [0.3, 0.4) is 0 Å². The molecule has 0 heterocycles. The van der Waals surface area contributed by atoms with Gasteiger partial charge in [0, 0.05) is 11.1 Å². The summed E-state index contributed by atoms with van der Waals surface area (Å²) < 4.78 is 24.6. The SMILES string of the molecule is COc1ccc(/C=C/C(=O)c2ccc(O)cc2)cc1COc1ccccc1F. The summed E-state index contributed by atoms with van der Waals surface area (Å²) in [7, 11) is 1.55. The van der Waals surface area contributed by atoms with Crippen LogP contribution in [0.4, 0.5) is 4.39 Å². The maximum absolute atomic E-state index is 13.7. The van der Waals surface area contributed by atoms with E-state index in [9.17, 15) is 14.3 Å². The summed E-state index contributed by atoms with van der Waals surface area (Å²) in [5, 5.41) is 9.30. The van der Waals surface area contributed by atoms with Crippen LogP contribution in [0.5, 0.6) is 17.2 Å². The van der Waals surface area contributed by atoms with E-state index in [1.165, 1.54) is 24.3 Å². The summed E-state index contributed by atoms with van der Waals surface area (Å²) >= 11 is 0. The highest BCUT2D eigenvalue weighted by Crippen LogP contribution is 2.24. The molecule has 0 unspecified atom stereocenters. The first-order valence-electron chi connectivity index (χ1n) is 8.62. The van der Waals surface area contributed by atoms with Crippen molar-refractivity contribution in [3.8, 4) is 17.2 Å². The lowest BCUT2D eigenvalue weighted by atomic mass is 10.1. The number of hydrogen-bond acceptors (Lipinski definition) is 4. The topological polar surface area (TPSA) is 55.8 Å². The zero-order valence-electron chi connectivity index (χ0n) is 15.3. The summed E-state index contributed by atoms with van der Waals surface area (Å²) in [5.74, 6) is 0.263. The van der Waals surface area contributed by atoms with Crippen molar-refractivity contribution >= 4 is 11.9 Å². The third-order valence-corrected chi connectivity index (χ3v) is 4.10. The standard InChI is InChI=1S/C23H19FO4/c1-27-22-13-7-16(6-12-21(26)17-8-10-19(25)11-9-17)14-18(22)15-28-23-5-3-2-4-20(23)24/h2-14,25H,15H2,1H3/b12-6+. The lowest BCUT2D eigenvalue weighted by molar-refractivity contribution is 0.104. The summed E-state index contributed by atoms with van der Waals surface area (Å²) in [4.78, 5) is 12.2. The average molecular weight is 378 g/mol. The van der Waals surface area contributed by atoms with E-state index in [2.05, 4.69) is 0 Å². The maximum Gasteiger partial charge on any atom is 0.185 e. The number of benzene rings is 3. The van der Waals surface area contributed by atoms with Crippen molar-refractivity contribution in [2.45, 2.75) is 6.61 Å². The number of carbonyl (C=O) groups excluding carboxylic acids is 1. The smallest absolute Gasteiger partial charge is 0.185 e. The predicted molar refractivity (Wildman–Crippen MR) is 105 cm³/mol. The summed E-state index contributed by atoms with van der Waals surface area (Å²) in [6.07, 6.45) is 3.14. The molecule has 3 aromatic rings. The second-order valence-electron chi connectivity index (χ2n) is 6.03. The highest BCUT2D eigenvalue weighted by atomic mass is 19.1. The zero-order valence-corrected chi connectivity index (χ0v) is 15.3. The predicted octanol–water partition coefficient (Wildman–Crippen LogP) is 5.02. The number of ketones is 1. The number of allylic oxidation sites excluding steroid dienone is 1. The Balaban J connectivity index is 1.75. The molecule has 0 fully saturated rings. The number of phenolic OH excluding ortho intramolecular Hbond substituents is 1. The number of halogens is 1. The Morgan fingerprint density at radius 1 is 1.04 bits per heavy atom. The van der Waals surface area contributed by atoms with E-state index in [0.717, 1.165) is 11.1 Å². The number of phenols is 1. The van der Waals surface area contributed by atoms with Crippen LogP contribution in [0, 0.1) is 5.82 Å². The molecule has 0 atom stereocenters. The quantitative estimate of drug-likeness (QED) is 0.464. The van der Waals surface area contributed by atoms with E-state index in [1.54, 1.807) is 49.6 Å². The summed E-state index contributed by atoms with van der Waals surface area (Å²) in [6.45, 7) is 0.123. The van der Waals surface area contributed by atoms with Gasteiger partial charge in [-0.15, -0.1) is 0 Å². The fraction of sp³-hybridized carbons (Fsp3) is 0.0870.